The van der Waals surface area contributed by atoms with Gasteiger partial charge < -0.3 is 10.4 Å². The van der Waals surface area contributed by atoms with Crippen LogP contribution in [0.5, 0.6) is 5.75 Å². The van der Waals surface area contributed by atoms with Crippen LogP contribution in [0.15, 0.2) is 22.7 Å². The van der Waals surface area contributed by atoms with Gasteiger partial charge in [-0.3, -0.25) is 0 Å². The first-order valence-corrected chi connectivity index (χ1v) is 7.97. The van der Waals surface area contributed by atoms with E-state index in [4.69, 9.17) is 34.8 Å². The van der Waals surface area contributed by atoms with Crippen molar-refractivity contribution < 1.29 is 5.11 Å². The number of rotatable bonds is 4. The summed E-state index contributed by atoms with van der Waals surface area (Å²) in [6.45, 7) is 0.659. The number of hydrogen-bond acceptors (Lipinski definition) is 2. The number of phenols is 1. The van der Waals surface area contributed by atoms with Crippen LogP contribution in [0.3, 0.4) is 0 Å². The average Bonchev–Trinajstić information content (AvgIpc) is 2.46. The molecule has 1 aromatic rings. The fourth-order valence-electron chi connectivity index (χ4n) is 2.52. The van der Waals surface area contributed by atoms with Crippen LogP contribution in [0.25, 0.3) is 5.03 Å². The van der Waals surface area contributed by atoms with E-state index in [2.05, 4.69) is 5.32 Å². The zero-order valence-electron chi connectivity index (χ0n) is 11.1. The van der Waals surface area contributed by atoms with Gasteiger partial charge in [0.2, 0.25) is 0 Å². The quantitative estimate of drug-likeness (QED) is 0.797. The summed E-state index contributed by atoms with van der Waals surface area (Å²) in [5.41, 5.74) is 1.47. The lowest BCUT2D eigenvalue weighted by Crippen LogP contribution is -2.30. The Bertz CT molecular complexity index is 492. The maximum atomic E-state index is 10.0. The van der Waals surface area contributed by atoms with E-state index < -0.39 is 0 Å². The number of benzene rings is 1. The Hall–Kier alpha value is -0.410. The summed E-state index contributed by atoms with van der Waals surface area (Å²) in [6.07, 6.45) is 6.35. The van der Waals surface area contributed by atoms with Gasteiger partial charge in [0.05, 0.1) is 5.03 Å². The molecule has 2 rings (SSSR count). The molecule has 0 atom stereocenters. The molecule has 20 heavy (non-hydrogen) atoms. The molecule has 1 aliphatic rings. The van der Waals surface area contributed by atoms with Gasteiger partial charge in [0.1, 0.15) is 10.2 Å². The monoisotopic (exact) mass is 333 g/mol. The van der Waals surface area contributed by atoms with Crippen LogP contribution in [0.1, 0.15) is 43.2 Å². The van der Waals surface area contributed by atoms with E-state index in [1.807, 2.05) is 12.1 Å². The van der Waals surface area contributed by atoms with Gasteiger partial charge in [-0.2, -0.15) is 0 Å². The molecule has 1 aliphatic carbocycles. The topological polar surface area (TPSA) is 32.3 Å². The number of hydrogen-bond donors (Lipinski definition) is 2. The summed E-state index contributed by atoms with van der Waals surface area (Å²) in [6, 6.07) is 5.80. The molecule has 1 saturated carbocycles. The van der Waals surface area contributed by atoms with Crippen molar-refractivity contribution in [1.82, 2.24) is 5.32 Å². The molecule has 0 bridgehead atoms. The van der Waals surface area contributed by atoms with Crippen LogP contribution in [-0.4, -0.2) is 11.1 Å². The highest BCUT2D eigenvalue weighted by atomic mass is 35.5. The van der Waals surface area contributed by atoms with Crippen LogP contribution < -0.4 is 5.32 Å². The molecular formula is C15H18Cl3NO. The van der Waals surface area contributed by atoms with Gasteiger partial charge in [0.15, 0.2) is 0 Å². The Balaban J connectivity index is 2.00. The SMILES string of the molecule is Oc1cc(C(Cl)=C(Cl)Cl)ccc1CNC1CCCCC1. The van der Waals surface area contributed by atoms with Gasteiger partial charge in [-0.05, 0) is 24.5 Å². The minimum absolute atomic E-state index is 0.000790. The van der Waals surface area contributed by atoms with Crippen molar-refractivity contribution >= 4 is 39.8 Å². The minimum Gasteiger partial charge on any atom is -0.508 e. The highest BCUT2D eigenvalue weighted by Crippen LogP contribution is 2.31. The fourth-order valence-corrected chi connectivity index (χ4v) is 2.86. The third-order valence-corrected chi connectivity index (χ3v) is 4.67. The number of halogens is 3. The molecule has 5 heteroatoms. The lowest BCUT2D eigenvalue weighted by Gasteiger charge is -2.23. The Morgan fingerprint density at radius 3 is 2.45 bits per heavy atom. The van der Waals surface area contributed by atoms with Gasteiger partial charge in [0, 0.05) is 18.2 Å². The first-order valence-electron chi connectivity index (χ1n) is 6.84. The smallest absolute Gasteiger partial charge is 0.126 e. The average molecular weight is 335 g/mol. The van der Waals surface area contributed by atoms with Gasteiger partial charge in [-0.25, -0.2) is 0 Å². The largest absolute Gasteiger partial charge is 0.508 e. The van der Waals surface area contributed by atoms with Crippen LogP contribution in [0.4, 0.5) is 0 Å². The molecule has 0 unspecified atom stereocenters. The Kier molecular flexibility index (Phi) is 6.03. The maximum Gasteiger partial charge on any atom is 0.126 e. The lowest BCUT2D eigenvalue weighted by molar-refractivity contribution is 0.369. The summed E-state index contributed by atoms with van der Waals surface area (Å²) >= 11 is 17.2. The summed E-state index contributed by atoms with van der Waals surface area (Å²) in [7, 11) is 0. The van der Waals surface area contributed by atoms with E-state index in [0.29, 0.717) is 18.2 Å². The van der Waals surface area contributed by atoms with Crippen molar-refractivity contribution in [3.8, 4) is 5.75 Å². The van der Waals surface area contributed by atoms with Crippen LogP contribution in [0, 0.1) is 0 Å². The zero-order valence-corrected chi connectivity index (χ0v) is 13.4. The van der Waals surface area contributed by atoms with Crippen molar-refractivity contribution in [2.24, 2.45) is 0 Å². The third kappa shape index (κ3) is 4.29. The van der Waals surface area contributed by atoms with E-state index in [1.165, 1.54) is 32.1 Å². The molecular weight excluding hydrogens is 317 g/mol. The second kappa shape index (κ2) is 7.56. The Morgan fingerprint density at radius 1 is 1.15 bits per heavy atom. The first-order chi connectivity index (χ1) is 9.58. The molecule has 0 radical (unpaired) electrons. The highest BCUT2D eigenvalue weighted by Gasteiger charge is 2.13. The molecule has 0 aromatic heterocycles. The van der Waals surface area contributed by atoms with Gasteiger partial charge in [0.25, 0.3) is 0 Å². The van der Waals surface area contributed by atoms with Gasteiger partial charge >= 0.3 is 0 Å². The first kappa shape index (κ1) is 16.0. The maximum absolute atomic E-state index is 10.0. The van der Waals surface area contributed by atoms with E-state index >= 15 is 0 Å². The molecule has 1 fully saturated rings. The molecule has 2 N–H and O–H groups in total. The molecule has 0 saturated heterocycles. The van der Waals surface area contributed by atoms with E-state index in [-0.39, 0.29) is 15.3 Å². The van der Waals surface area contributed by atoms with Crippen molar-refractivity contribution in [1.29, 1.82) is 0 Å². The predicted molar refractivity (Wildman–Crippen MR) is 86.3 cm³/mol. The number of phenolic OH excluding ortho intramolecular Hbond substituents is 1. The van der Waals surface area contributed by atoms with E-state index in [1.54, 1.807) is 6.07 Å². The summed E-state index contributed by atoms with van der Waals surface area (Å²) in [4.78, 5) is 0. The summed E-state index contributed by atoms with van der Waals surface area (Å²) in [5, 5.41) is 13.8. The van der Waals surface area contributed by atoms with Crippen LogP contribution in [-0.2, 0) is 6.54 Å². The predicted octanol–water partition coefficient (Wildman–Crippen LogP) is 5.16. The van der Waals surface area contributed by atoms with E-state index in [0.717, 1.165) is 5.56 Å². The highest BCUT2D eigenvalue weighted by molar-refractivity contribution is 6.66. The van der Waals surface area contributed by atoms with Crippen LogP contribution >= 0.6 is 34.8 Å². The lowest BCUT2D eigenvalue weighted by atomic mass is 9.95. The minimum atomic E-state index is -0.000790. The zero-order chi connectivity index (χ0) is 14.5. The van der Waals surface area contributed by atoms with Gasteiger partial charge in [-0.15, -0.1) is 0 Å². The van der Waals surface area contributed by atoms with Crippen LogP contribution in [0.2, 0.25) is 0 Å². The van der Waals surface area contributed by atoms with Crippen molar-refractivity contribution in [2.45, 2.75) is 44.7 Å². The van der Waals surface area contributed by atoms with Crippen molar-refractivity contribution in [3.63, 3.8) is 0 Å². The molecule has 0 heterocycles. The third-order valence-electron chi connectivity index (χ3n) is 3.69. The molecule has 0 amide bonds. The summed E-state index contributed by atoms with van der Waals surface area (Å²) < 4.78 is -0.000790. The standard InChI is InChI=1S/C15H18Cl3NO/c16-14(15(17)18)10-6-7-11(13(20)8-10)9-19-12-4-2-1-3-5-12/h6-8,12,19-20H,1-5,9H2. The molecule has 1 aromatic carbocycles. The number of nitrogens with one attached hydrogen (secondary N) is 1. The van der Waals surface area contributed by atoms with Crippen molar-refractivity contribution in [3.05, 3.63) is 33.8 Å². The molecule has 0 spiro atoms. The van der Waals surface area contributed by atoms with E-state index in [9.17, 15) is 5.11 Å². The molecule has 2 nitrogen and oxygen atoms in total. The Morgan fingerprint density at radius 2 is 1.85 bits per heavy atom. The second-order valence-corrected chi connectivity index (χ2v) is 6.46. The Labute approximate surface area is 134 Å². The number of aromatic hydroxyl groups is 1. The van der Waals surface area contributed by atoms with Gasteiger partial charge in [-0.1, -0.05) is 66.2 Å². The fraction of sp³-hybridized carbons (Fsp3) is 0.467. The normalized spacial score (nSPS) is 16.1. The van der Waals surface area contributed by atoms with Crippen molar-refractivity contribution in [2.75, 3.05) is 0 Å². The second-order valence-electron chi connectivity index (χ2n) is 5.13. The molecule has 0 aliphatic heterocycles. The molecule has 110 valence electrons. The summed E-state index contributed by atoms with van der Waals surface area (Å²) in [5.74, 6) is 0.207.